The molecule has 1 aromatic carbocycles. The average molecular weight is 364 g/mol. The molecule has 5 nitrogen and oxygen atoms in total. The molecule has 0 saturated heterocycles. The first-order valence-electron chi connectivity index (χ1n) is 8.67. The lowest BCUT2D eigenvalue weighted by Crippen LogP contribution is -2.38. The van der Waals surface area contributed by atoms with Gasteiger partial charge in [0.25, 0.3) is 0 Å². The SMILES string of the molecule is Cl.NCC1(CC(=O)NCc2coc(-c3ccccc3)n2)CCCCC1. The smallest absolute Gasteiger partial charge is 0.226 e. The second-order valence-electron chi connectivity index (χ2n) is 6.73. The van der Waals surface area contributed by atoms with E-state index in [1.165, 1.54) is 19.3 Å². The normalized spacial score (nSPS) is 16.0. The quantitative estimate of drug-likeness (QED) is 0.820. The molecule has 1 heterocycles. The first-order valence-corrected chi connectivity index (χ1v) is 8.67. The second-order valence-corrected chi connectivity index (χ2v) is 6.73. The molecule has 3 N–H and O–H groups in total. The Balaban J connectivity index is 0.00000225. The van der Waals surface area contributed by atoms with E-state index >= 15 is 0 Å². The van der Waals surface area contributed by atoms with Crippen LogP contribution in [0.4, 0.5) is 0 Å². The molecule has 25 heavy (non-hydrogen) atoms. The summed E-state index contributed by atoms with van der Waals surface area (Å²) in [4.78, 5) is 16.7. The molecule has 0 atom stereocenters. The molecule has 1 aromatic heterocycles. The number of hydrogen-bond acceptors (Lipinski definition) is 4. The number of nitrogens with one attached hydrogen (secondary N) is 1. The number of carbonyl (C=O) groups excluding carboxylic acids is 1. The third-order valence-corrected chi connectivity index (χ3v) is 4.92. The summed E-state index contributed by atoms with van der Waals surface area (Å²) in [7, 11) is 0. The van der Waals surface area contributed by atoms with Crippen molar-refractivity contribution in [2.24, 2.45) is 11.1 Å². The Morgan fingerprint density at radius 1 is 1.20 bits per heavy atom. The number of oxazole rings is 1. The Morgan fingerprint density at radius 2 is 1.92 bits per heavy atom. The van der Waals surface area contributed by atoms with Crippen LogP contribution < -0.4 is 11.1 Å². The fourth-order valence-electron chi connectivity index (χ4n) is 3.45. The van der Waals surface area contributed by atoms with Crippen molar-refractivity contribution in [3.05, 3.63) is 42.3 Å². The number of carbonyl (C=O) groups is 1. The minimum absolute atomic E-state index is 0. The molecule has 0 radical (unpaired) electrons. The van der Waals surface area contributed by atoms with E-state index in [4.69, 9.17) is 10.2 Å². The molecule has 1 amide bonds. The van der Waals surface area contributed by atoms with E-state index in [0.29, 0.717) is 25.4 Å². The number of aromatic nitrogens is 1. The third-order valence-electron chi connectivity index (χ3n) is 4.92. The van der Waals surface area contributed by atoms with Gasteiger partial charge in [0.2, 0.25) is 11.8 Å². The van der Waals surface area contributed by atoms with Crippen LogP contribution in [0.1, 0.15) is 44.2 Å². The molecule has 3 rings (SSSR count). The van der Waals surface area contributed by atoms with Crippen LogP contribution in [-0.2, 0) is 11.3 Å². The average Bonchev–Trinajstić information content (AvgIpc) is 3.11. The van der Waals surface area contributed by atoms with Crippen molar-refractivity contribution in [3.8, 4) is 11.5 Å². The van der Waals surface area contributed by atoms with Gasteiger partial charge in [0, 0.05) is 12.0 Å². The van der Waals surface area contributed by atoms with Gasteiger partial charge in [0.15, 0.2) is 0 Å². The van der Waals surface area contributed by atoms with Gasteiger partial charge in [-0.15, -0.1) is 12.4 Å². The van der Waals surface area contributed by atoms with Crippen LogP contribution in [0, 0.1) is 5.41 Å². The molecular formula is C19H26ClN3O2. The molecule has 0 spiro atoms. The minimum atomic E-state index is -0.0125. The molecule has 2 aromatic rings. The van der Waals surface area contributed by atoms with Crippen molar-refractivity contribution in [3.63, 3.8) is 0 Å². The maximum atomic E-state index is 12.3. The largest absolute Gasteiger partial charge is 0.444 e. The Kier molecular flexibility index (Phi) is 7.02. The van der Waals surface area contributed by atoms with E-state index in [1.807, 2.05) is 30.3 Å². The highest BCUT2D eigenvalue weighted by molar-refractivity contribution is 5.85. The first-order chi connectivity index (χ1) is 11.7. The Labute approximate surface area is 154 Å². The number of nitrogens with zero attached hydrogens (tertiary/aromatic N) is 1. The maximum absolute atomic E-state index is 12.3. The number of nitrogens with two attached hydrogens (primary N) is 1. The lowest BCUT2D eigenvalue weighted by molar-refractivity contribution is -0.124. The van der Waals surface area contributed by atoms with Crippen LogP contribution in [-0.4, -0.2) is 17.4 Å². The van der Waals surface area contributed by atoms with Gasteiger partial charge in [0.05, 0.1) is 12.2 Å². The van der Waals surface area contributed by atoms with E-state index in [2.05, 4.69) is 10.3 Å². The summed E-state index contributed by atoms with van der Waals surface area (Å²) in [6.45, 7) is 0.971. The highest BCUT2D eigenvalue weighted by Gasteiger charge is 2.32. The maximum Gasteiger partial charge on any atom is 0.226 e. The van der Waals surface area contributed by atoms with Gasteiger partial charge in [0.1, 0.15) is 6.26 Å². The zero-order chi connectivity index (χ0) is 16.8. The molecule has 1 aliphatic rings. The summed E-state index contributed by atoms with van der Waals surface area (Å²) in [5, 5.41) is 2.95. The summed E-state index contributed by atoms with van der Waals surface area (Å²) >= 11 is 0. The molecule has 0 unspecified atom stereocenters. The lowest BCUT2D eigenvalue weighted by Gasteiger charge is -2.35. The standard InChI is InChI=1S/C19H25N3O2.ClH/c20-14-19(9-5-2-6-10-19)11-17(23)21-12-16-13-24-18(22-16)15-7-3-1-4-8-15;/h1,3-4,7-8,13H,2,5-6,9-12,14,20H2,(H,21,23);1H. The zero-order valence-corrected chi connectivity index (χ0v) is 15.2. The van der Waals surface area contributed by atoms with E-state index in [-0.39, 0.29) is 23.7 Å². The number of rotatable bonds is 6. The van der Waals surface area contributed by atoms with Gasteiger partial charge in [-0.1, -0.05) is 37.5 Å². The first kappa shape index (κ1) is 19.5. The van der Waals surface area contributed by atoms with E-state index in [9.17, 15) is 4.79 Å². The number of halogens is 1. The second kappa shape index (κ2) is 9.02. The van der Waals surface area contributed by atoms with Crippen molar-refractivity contribution in [2.75, 3.05) is 6.54 Å². The van der Waals surface area contributed by atoms with Gasteiger partial charge in [-0.25, -0.2) is 4.98 Å². The number of benzene rings is 1. The molecule has 1 aliphatic carbocycles. The molecule has 1 fully saturated rings. The van der Waals surface area contributed by atoms with Gasteiger partial charge < -0.3 is 15.5 Å². The zero-order valence-electron chi connectivity index (χ0n) is 14.4. The van der Waals surface area contributed by atoms with E-state index in [1.54, 1.807) is 6.26 Å². The van der Waals surface area contributed by atoms with Gasteiger partial charge >= 0.3 is 0 Å². The topological polar surface area (TPSA) is 81.2 Å². The number of hydrogen-bond donors (Lipinski definition) is 2. The minimum Gasteiger partial charge on any atom is -0.444 e. The van der Waals surface area contributed by atoms with Crippen LogP contribution in [0.3, 0.4) is 0 Å². The van der Waals surface area contributed by atoms with Crippen LogP contribution in [0.5, 0.6) is 0 Å². The Morgan fingerprint density at radius 3 is 2.60 bits per heavy atom. The monoisotopic (exact) mass is 363 g/mol. The van der Waals surface area contributed by atoms with Crippen molar-refractivity contribution < 1.29 is 9.21 Å². The van der Waals surface area contributed by atoms with E-state index < -0.39 is 0 Å². The van der Waals surface area contributed by atoms with Crippen LogP contribution in [0.2, 0.25) is 0 Å². The summed E-state index contributed by atoms with van der Waals surface area (Å²) in [6.07, 6.45) is 7.82. The Bertz CT molecular complexity index is 666. The van der Waals surface area contributed by atoms with Crippen molar-refractivity contribution in [2.45, 2.75) is 45.1 Å². The predicted octanol–water partition coefficient (Wildman–Crippen LogP) is 3.68. The summed E-state index contributed by atoms with van der Waals surface area (Å²) in [6, 6.07) is 9.73. The summed E-state index contributed by atoms with van der Waals surface area (Å²) in [5.74, 6) is 0.622. The molecular weight excluding hydrogens is 338 g/mol. The van der Waals surface area contributed by atoms with Crippen molar-refractivity contribution in [1.82, 2.24) is 10.3 Å². The van der Waals surface area contributed by atoms with Crippen LogP contribution in [0.25, 0.3) is 11.5 Å². The van der Waals surface area contributed by atoms with Crippen LogP contribution in [0.15, 0.2) is 41.0 Å². The highest BCUT2D eigenvalue weighted by Crippen LogP contribution is 2.38. The predicted molar refractivity (Wildman–Crippen MR) is 100 cm³/mol. The Hall–Kier alpha value is -1.85. The van der Waals surface area contributed by atoms with Gasteiger partial charge in [-0.2, -0.15) is 0 Å². The van der Waals surface area contributed by atoms with Gasteiger partial charge in [-0.05, 0) is 36.9 Å². The van der Waals surface area contributed by atoms with Crippen molar-refractivity contribution in [1.29, 1.82) is 0 Å². The molecule has 0 bridgehead atoms. The molecule has 0 aliphatic heterocycles. The lowest BCUT2D eigenvalue weighted by atomic mass is 9.71. The highest BCUT2D eigenvalue weighted by atomic mass is 35.5. The molecule has 1 saturated carbocycles. The van der Waals surface area contributed by atoms with Crippen molar-refractivity contribution >= 4 is 18.3 Å². The van der Waals surface area contributed by atoms with E-state index in [0.717, 1.165) is 24.1 Å². The summed E-state index contributed by atoms with van der Waals surface area (Å²) < 4.78 is 5.49. The third kappa shape index (κ3) is 5.06. The molecule has 136 valence electrons. The molecule has 6 heteroatoms. The van der Waals surface area contributed by atoms with Crippen LogP contribution >= 0.6 is 12.4 Å². The number of amides is 1. The fraction of sp³-hybridized carbons (Fsp3) is 0.474. The summed E-state index contributed by atoms with van der Waals surface area (Å²) in [5.41, 5.74) is 7.60. The fourth-order valence-corrected chi connectivity index (χ4v) is 3.45. The van der Waals surface area contributed by atoms with Gasteiger partial charge in [-0.3, -0.25) is 4.79 Å².